The highest BCUT2D eigenvalue weighted by Crippen LogP contribution is 2.14. The smallest absolute Gasteiger partial charge is 0.159 e. The van der Waals surface area contributed by atoms with Gasteiger partial charge in [-0.1, -0.05) is 36.4 Å². The fourth-order valence-electron chi connectivity index (χ4n) is 1.71. The first-order valence-electron chi connectivity index (χ1n) is 5.94. The number of hydrogen-bond donors (Lipinski definition) is 0. The Morgan fingerprint density at radius 3 is 2.44 bits per heavy atom. The molecule has 0 aliphatic carbocycles. The summed E-state index contributed by atoms with van der Waals surface area (Å²) in [6.45, 7) is 4.12. The summed E-state index contributed by atoms with van der Waals surface area (Å²) < 4.78 is 5.69. The van der Waals surface area contributed by atoms with Crippen LogP contribution in [0.3, 0.4) is 0 Å². The molecule has 2 nitrogen and oxygen atoms in total. The van der Waals surface area contributed by atoms with Gasteiger partial charge in [0.05, 0.1) is 0 Å². The van der Waals surface area contributed by atoms with Crippen LogP contribution >= 0.6 is 0 Å². The molecule has 2 aromatic carbocycles. The lowest BCUT2D eigenvalue weighted by Crippen LogP contribution is -1.97. The number of ketones is 1. The first-order valence-corrected chi connectivity index (χ1v) is 5.94. The van der Waals surface area contributed by atoms with Crippen molar-refractivity contribution < 1.29 is 9.53 Å². The molecule has 2 rings (SSSR count). The molecule has 0 aliphatic heterocycles. The van der Waals surface area contributed by atoms with Crippen LogP contribution in [-0.4, -0.2) is 5.78 Å². The van der Waals surface area contributed by atoms with Gasteiger partial charge in [0.1, 0.15) is 12.4 Å². The molecule has 0 aromatic heterocycles. The maximum atomic E-state index is 11.1. The Hall–Kier alpha value is -2.09. The van der Waals surface area contributed by atoms with Crippen LogP contribution in [0, 0.1) is 6.92 Å². The Kier molecular flexibility index (Phi) is 3.78. The van der Waals surface area contributed by atoms with Crippen LogP contribution in [0.4, 0.5) is 0 Å². The Balaban J connectivity index is 2.00. The second kappa shape index (κ2) is 5.50. The first-order chi connectivity index (χ1) is 8.65. The monoisotopic (exact) mass is 240 g/mol. The van der Waals surface area contributed by atoms with E-state index in [1.54, 1.807) is 6.92 Å². The van der Waals surface area contributed by atoms with Crippen molar-refractivity contribution in [3.63, 3.8) is 0 Å². The van der Waals surface area contributed by atoms with Crippen LogP contribution in [0.2, 0.25) is 0 Å². The standard InChI is InChI=1S/C16H16O2/c1-12-4-3-5-16(10-12)18-11-14-6-8-15(9-7-14)13(2)17/h3-10H,11H2,1-2H3. The molecule has 2 aromatic rings. The predicted octanol–water partition coefficient (Wildman–Crippen LogP) is 3.78. The summed E-state index contributed by atoms with van der Waals surface area (Å²) in [5, 5.41) is 0. The van der Waals surface area contributed by atoms with Gasteiger partial charge in [0.25, 0.3) is 0 Å². The van der Waals surface area contributed by atoms with E-state index < -0.39 is 0 Å². The summed E-state index contributed by atoms with van der Waals surface area (Å²) in [5.41, 5.74) is 2.97. The molecule has 0 radical (unpaired) electrons. The van der Waals surface area contributed by atoms with Gasteiger partial charge in [0.15, 0.2) is 5.78 Å². The number of benzene rings is 2. The van der Waals surface area contributed by atoms with Gasteiger partial charge >= 0.3 is 0 Å². The first kappa shape index (κ1) is 12.4. The number of carbonyl (C=O) groups excluding carboxylic acids is 1. The topological polar surface area (TPSA) is 26.3 Å². The van der Waals surface area contributed by atoms with Gasteiger partial charge in [-0.3, -0.25) is 4.79 Å². The van der Waals surface area contributed by atoms with Crippen molar-refractivity contribution >= 4 is 5.78 Å². The maximum absolute atomic E-state index is 11.1. The van der Waals surface area contributed by atoms with Crippen LogP contribution in [-0.2, 0) is 6.61 Å². The fourth-order valence-corrected chi connectivity index (χ4v) is 1.71. The van der Waals surface area contributed by atoms with Gasteiger partial charge in [-0.15, -0.1) is 0 Å². The lowest BCUT2D eigenvalue weighted by Gasteiger charge is -2.07. The zero-order valence-corrected chi connectivity index (χ0v) is 10.6. The van der Waals surface area contributed by atoms with E-state index in [-0.39, 0.29) is 5.78 Å². The summed E-state index contributed by atoms with van der Waals surface area (Å²) in [6, 6.07) is 15.5. The van der Waals surface area contributed by atoms with E-state index in [9.17, 15) is 4.79 Å². The van der Waals surface area contributed by atoms with Crippen LogP contribution in [0.5, 0.6) is 5.75 Å². The van der Waals surface area contributed by atoms with Crippen LogP contribution in [0.15, 0.2) is 48.5 Å². The minimum Gasteiger partial charge on any atom is -0.489 e. The number of Topliss-reactive ketones (excluding diaryl/α,β-unsaturated/α-hetero) is 1. The highest BCUT2D eigenvalue weighted by molar-refractivity contribution is 5.93. The van der Waals surface area contributed by atoms with Crippen LogP contribution < -0.4 is 4.74 Å². The molecule has 0 N–H and O–H groups in total. The molecule has 0 aliphatic rings. The molecular weight excluding hydrogens is 224 g/mol. The zero-order chi connectivity index (χ0) is 13.0. The normalized spacial score (nSPS) is 10.1. The summed E-state index contributed by atoms with van der Waals surface area (Å²) in [5.74, 6) is 0.951. The Labute approximate surface area is 107 Å². The molecule has 0 heterocycles. The lowest BCUT2D eigenvalue weighted by atomic mass is 10.1. The summed E-state index contributed by atoms with van der Waals surface area (Å²) in [6.07, 6.45) is 0. The lowest BCUT2D eigenvalue weighted by molar-refractivity contribution is 0.101. The highest BCUT2D eigenvalue weighted by atomic mass is 16.5. The molecule has 0 fully saturated rings. The summed E-state index contributed by atoms with van der Waals surface area (Å²) in [4.78, 5) is 11.1. The van der Waals surface area contributed by atoms with E-state index in [1.165, 1.54) is 5.56 Å². The van der Waals surface area contributed by atoms with Gasteiger partial charge in [-0.2, -0.15) is 0 Å². The molecule has 0 saturated carbocycles. The predicted molar refractivity (Wildman–Crippen MR) is 72.0 cm³/mol. The van der Waals surface area contributed by atoms with Gasteiger partial charge in [-0.25, -0.2) is 0 Å². The minimum atomic E-state index is 0.0844. The fraction of sp³-hybridized carbons (Fsp3) is 0.188. The summed E-state index contributed by atoms with van der Waals surface area (Å²) >= 11 is 0. The van der Waals surface area contributed by atoms with Crippen molar-refractivity contribution in [3.8, 4) is 5.75 Å². The molecule has 0 saturated heterocycles. The second-order valence-corrected chi connectivity index (χ2v) is 4.36. The molecule has 0 spiro atoms. The van der Waals surface area contributed by atoms with Crippen LogP contribution in [0.1, 0.15) is 28.4 Å². The molecule has 2 heteroatoms. The third kappa shape index (κ3) is 3.20. The van der Waals surface area contributed by atoms with E-state index in [1.807, 2.05) is 55.5 Å². The highest BCUT2D eigenvalue weighted by Gasteiger charge is 2.00. The molecule has 0 bridgehead atoms. The van der Waals surface area contributed by atoms with Crippen molar-refractivity contribution in [1.82, 2.24) is 0 Å². The van der Waals surface area contributed by atoms with E-state index in [2.05, 4.69) is 0 Å². The SMILES string of the molecule is CC(=O)c1ccc(COc2cccc(C)c2)cc1. The van der Waals surface area contributed by atoms with Crippen LogP contribution in [0.25, 0.3) is 0 Å². The largest absolute Gasteiger partial charge is 0.489 e. The zero-order valence-electron chi connectivity index (χ0n) is 10.6. The van der Waals surface area contributed by atoms with E-state index >= 15 is 0 Å². The molecule has 92 valence electrons. The Bertz CT molecular complexity index is 541. The van der Waals surface area contributed by atoms with Gasteiger partial charge < -0.3 is 4.74 Å². The Morgan fingerprint density at radius 1 is 1.11 bits per heavy atom. The Morgan fingerprint density at radius 2 is 1.83 bits per heavy atom. The van der Waals surface area contributed by atoms with Gasteiger partial charge in [0.2, 0.25) is 0 Å². The van der Waals surface area contributed by atoms with Crippen molar-refractivity contribution in [1.29, 1.82) is 0 Å². The van der Waals surface area contributed by atoms with E-state index in [0.29, 0.717) is 6.61 Å². The third-order valence-electron chi connectivity index (χ3n) is 2.76. The number of aryl methyl sites for hydroxylation is 1. The molecule has 0 amide bonds. The average Bonchev–Trinajstić information content (AvgIpc) is 2.37. The van der Waals surface area contributed by atoms with Crippen molar-refractivity contribution in [3.05, 3.63) is 65.2 Å². The minimum absolute atomic E-state index is 0.0844. The van der Waals surface area contributed by atoms with Gasteiger partial charge in [0, 0.05) is 5.56 Å². The molecule has 0 atom stereocenters. The molecule has 18 heavy (non-hydrogen) atoms. The maximum Gasteiger partial charge on any atom is 0.159 e. The number of ether oxygens (including phenoxy) is 1. The average molecular weight is 240 g/mol. The second-order valence-electron chi connectivity index (χ2n) is 4.36. The summed E-state index contributed by atoms with van der Waals surface area (Å²) in [7, 11) is 0. The third-order valence-corrected chi connectivity index (χ3v) is 2.76. The van der Waals surface area contributed by atoms with E-state index in [0.717, 1.165) is 16.9 Å². The molecular formula is C16H16O2. The molecule has 0 unspecified atom stereocenters. The van der Waals surface area contributed by atoms with Gasteiger partial charge in [-0.05, 0) is 37.1 Å². The number of carbonyl (C=O) groups is 1. The van der Waals surface area contributed by atoms with Crippen molar-refractivity contribution in [2.45, 2.75) is 20.5 Å². The van der Waals surface area contributed by atoms with E-state index in [4.69, 9.17) is 4.74 Å². The number of rotatable bonds is 4. The quantitative estimate of drug-likeness (QED) is 0.760. The van der Waals surface area contributed by atoms with Crippen molar-refractivity contribution in [2.75, 3.05) is 0 Å². The van der Waals surface area contributed by atoms with Crippen molar-refractivity contribution in [2.24, 2.45) is 0 Å². The number of hydrogen-bond acceptors (Lipinski definition) is 2.